The molecule has 13 unspecified atom stereocenters. The van der Waals surface area contributed by atoms with E-state index in [0.717, 1.165) is 113 Å². The van der Waals surface area contributed by atoms with Gasteiger partial charge in [0.25, 0.3) is 0 Å². The van der Waals surface area contributed by atoms with E-state index in [4.69, 9.17) is 0 Å². The lowest BCUT2D eigenvalue weighted by Gasteiger charge is -2.54. The molecule has 13 atom stereocenters. The molecule has 0 N–H and O–H groups in total. The lowest BCUT2D eigenvalue weighted by atomic mass is 9.53. The Hall–Kier alpha value is -0.0400. The van der Waals surface area contributed by atoms with E-state index in [-0.39, 0.29) is 0 Å². The number of hydrogen-bond donors (Lipinski definition) is 0. The van der Waals surface area contributed by atoms with Crippen LogP contribution >= 0.6 is 0 Å². The smallest absolute Gasteiger partial charge is 0.0132 e. The molecule has 0 heterocycles. The maximum atomic E-state index is 3.51. The maximum Gasteiger partial charge on any atom is 0.0132 e. The van der Waals surface area contributed by atoms with Gasteiger partial charge in [0.15, 0.2) is 0 Å². The number of fused-ring (bicyclic) bond motifs is 6. The molecule has 0 aliphatic heterocycles. The van der Waals surface area contributed by atoms with Crippen LogP contribution in [0.25, 0.3) is 0 Å². The Kier molecular flexibility index (Phi) is 11.6. The van der Waals surface area contributed by atoms with Gasteiger partial charge in [0, 0.05) is 18.1 Å². The number of nitrogens with zero attached hydrogens (tertiary/aromatic N) is 1. The zero-order valence-electron chi connectivity index (χ0n) is 36.2. The van der Waals surface area contributed by atoms with Crippen molar-refractivity contribution in [1.29, 1.82) is 0 Å². The largest absolute Gasteiger partial charge is 0.294 e. The summed E-state index contributed by atoms with van der Waals surface area (Å²) in [6.07, 6.45) is 55.8. The van der Waals surface area contributed by atoms with Crippen LogP contribution < -0.4 is 0 Å². The lowest BCUT2D eigenvalue weighted by molar-refractivity contribution is -0.0528. The van der Waals surface area contributed by atoms with Gasteiger partial charge in [-0.3, -0.25) is 4.90 Å². The van der Waals surface area contributed by atoms with Gasteiger partial charge in [0.1, 0.15) is 0 Å². The maximum absolute atomic E-state index is 3.51. The second kappa shape index (κ2) is 16.8. The topological polar surface area (TPSA) is 3.24 Å². The first kappa shape index (κ1) is 37.9. The van der Waals surface area contributed by atoms with Crippen LogP contribution in [0.2, 0.25) is 0 Å². The van der Waals surface area contributed by atoms with Crippen LogP contribution in [0, 0.1) is 94.7 Å². The summed E-state index contributed by atoms with van der Waals surface area (Å²) in [4.78, 5) is 3.51. The third kappa shape index (κ3) is 7.44. The molecule has 11 aliphatic rings. The lowest BCUT2D eigenvalue weighted by Crippen LogP contribution is -2.56. The molecular weight excluding hydrogens is 663 g/mol. The second-order valence-corrected chi connectivity index (χ2v) is 24.3. The molecule has 0 bridgehead atoms. The van der Waals surface area contributed by atoms with Crippen LogP contribution in [0.15, 0.2) is 0 Å². The van der Waals surface area contributed by atoms with Crippen LogP contribution in [-0.2, 0) is 0 Å². The summed E-state index contributed by atoms with van der Waals surface area (Å²) in [6, 6.07) is 2.82. The van der Waals surface area contributed by atoms with Crippen LogP contribution in [0.5, 0.6) is 0 Å². The third-order valence-electron chi connectivity index (χ3n) is 22.3. The first-order chi connectivity index (χ1) is 27.2. The molecule has 1 heteroatoms. The second-order valence-electron chi connectivity index (χ2n) is 24.3. The highest BCUT2D eigenvalue weighted by Gasteiger charge is 2.59. The summed E-state index contributed by atoms with van der Waals surface area (Å²) in [6.45, 7) is 0. The molecule has 0 saturated heterocycles. The molecule has 1 nitrogen and oxygen atoms in total. The van der Waals surface area contributed by atoms with Crippen molar-refractivity contribution >= 4 is 0 Å². The molecule has 0 aromatic carbocycles. The molecule has 11 saturated carbocycles. The minimum atomic E-state index is 0.932. The van der Waals surface area contributed by atoms with E-state index in [1.54, 1.807) is 218 Å². The van der Waals surface area contributed by atoms with Crippen molar-refractivity contribution in [2.24, 2.45) is 94.7 Å². The van der Waals surface area contributed by atoms with E-state index in [9.17, 15) is 0 Å². The Morgan fingerprint density at radius 2 is 0.600 bits per heavy atom. The van der Waals surface area contributed by atoms with E-state index >= 15 is 0 Å². The minimum Gasteiger partial charge on any atom is -0.294 e. The summed E-state index contributed by atoms with van der Waals surface area (Å²) in [5.41, 5.74) is 0. The Bertz CT molecular complexity index is 1220. The Labute approximate surface area is 341 Å². The van der Waals surface area contributed by atoms with Crippen LogP contribution in [0.1, 0.15) is 225 Å². The standard InChI is InChI=1S/C54H89N/c1-2-11-36(12-3-1)38-23-27-47(28-24-38)55(48-29-25-39(26-30-48)43-22-21-37-13-4-5-14-40(37)31-43)52-20-10-19-50-51(52)35-46-34-44-17-8-9-18-49(44)53(54(46)50)45-32-41-15-6-7-16-42(41)33-45/h36-54H,1-35H2. The minimum absolute atomic E-state index is 0.932. The molecule has 11 fully saturated rings. The van der Waals surface area contributed by atoms with Gasteiger partial charge < -0.3 is 0 Å². The first-order valence-electron chi connectivity index (χ1n) is 27.0. The molecule has 55 heavy (non-hydrogen) atoms. The van der Waals surface area contributed by atoms with Gasteiger partial charge in [0.2, 0.25) is 0 Å². The summed E-state index contributed by atoms with van der Waals surface area (Å²) in [7, 11) is 0. The number of rotatable bonds is 6. The van der Waals surface area contributed by atoms with Gasteiger partial charge >= 0.3 is 0 Å². The van der Waals surface area contributed by atoms with Gasteiger partial charge in [-0.05, 0) is 210 Å². The van der Waals surface area contributed by atoms with Crippen LogP contribution in [0.3, 0.4) is 0 Å². The zero-order valence-corrected chi connectivity index (χ0v) is 36.2. The molecule has 11 rings (SSSR count). The fourth-order valence-corrected chi connectivity index (χ4v) is 20.2. The summed E-state index contributed by atoms with van der Waals surface area (Å²) >= 11 is 0. The normalized spacial score (nSPS) is 52.1. The van der Waals surface area contributed by atoms with Gasteiger partial charge in [-0.2, -0.15) is 0 Å². The highest BCUT2D eigenvalue weighted by Crippen LogP contribution is 2.66. The Morgan fingerprint density at radius 3 is 1.27 bits per heavy atom. The van der Waals surface area contributed by atoms with Gasteiger partial charge in [-0.15, -0.1) is 0 Å². The number of hydrogen-bond acceptors (Lipinski definition) is 1. The van der Waals surface area contributed by atoms with Gasteiger partial charge in [-0.1, -0.05) is 109 Å². The monoisotopic (exact) mass is 752 g/mol. The summed E-state index contributed by atoms with van der Waals surface area (Å²) in [5.74, 6) is 17.7. The highest BCUT2D eigenvalue weighted by atomic mass is 15.2. The third-order valence-corrected chi connectivity index (χ3v) is 22.3. The molecule has 11 aliphatic carbocycles. The van der Waals surface area contributed by atoms with Crippen LogP contribution in [0.4, 0.5) is 0 Å². The average Bonchev–Trinajstić information content (AvgIpc) is 3.86. The molecule has 0 aromatic heterocycles. The average molecular weight is 752 g/mol. The molecule has 0 aromatic rings. The predicted molar refractivity (Wildman–Crippen MR) is 231 cm³/mol. The van der Waals surface area contributed by atoms with E-state index in [2.05, 4.69) is 4.90 Å². The van der Waals surface area contributed by atoms with Crippen LogP contribution in [-0.4, -0.2) is 23.0 Å². The van der Waals surface area contributed by atoms with Crippen molar-refractivity contribution in [2.75, 3.05) is 0 Å². The van der Waals surface area contributed by atoms with Crippen molar-refractivity contribution in [3.63, 3.8) is 0 Å². The summed E-state index contributed by atoms with van der Waals surface area (Å²) < 4.78 is 0. The fourth-order valence-electron chi connectivity index (χ4n) is 20.2. The molecule has 310 valence electrons. The molecular formula is C54H89N. The van der Waals surface area contributed by atoms with E-state index in [1.165, 1.54) is 6.42 Å². The molecule has 0 spiro atoms. The summed E-state index contributed by atoms with van der Waals surface area (Å²) in [5, 5.41) is 0. The first-order valence-corrected chi connectivity index (χ1v) is 27.0. The zero-order chi connectivity index (χ0) is 36.3. The van der Waals surface area contributed by atoms with Crippen molar-refractivity contribution in [3.05, 3.63) is 0 Å². The SMILES string of the molecule is C1CCC(C2CCC(N(C3CCC(C4CCC5CCCCC5C4)CC3)C3CCCC4C3CC3CC5CCCCC5C(C5CC6CCCCC6C5)C34)CC2)CC1. The quantitative estimate of drug-likeness (QED) is 0.261. The van der Waals surface area contributed by atoms with Crippen molar-refractivity contribution in [1.82, 2.24) is 4.90 Å². The van der Waals surface area contributed by atoms with Gasteiger partial charge in [-0.25, -0.2) is 0 Å². The molecule has 0 amide bonds. The van der Waals surface area contributed by atoms with Crippen molar-refractivity contribution in [3.8, 4) is 0 Å². The predicted octanol–water partition coefficient (Wildman–Crippen LogP) is 15.1. The highest BCUT2D eigenvalue weighted by molar-refractivity contribution is 5.09. The Morgan fingerprint density at radius 1 is 0.218 bits per heavy atom. The van der Waals surface area contributed by atoms with E-state index in [0.29, 0.717) is 0 Å². The van der Waals surface area contributed by atoms with Gasteiger partial charge in [0.05, 0.1) is 0 Å². The Balaban J connectivity index is 0.837. The molecule has 0 radical (unpaired) electrons. The van der Waals surface area contributed by atoms with Crippen molar-refractivity contribution in [2.45, 2.75) is 243 Å². The van der Waals surface area contributed by atoms with E-state index < -0.39 is 0 Å². The van der Waals surface area contributed by atoms with Crippen molar-refractivity contribution < 1.29 is 0 Å². The fraction of sp³-hybridized carbons (Fsp3) is 1.00. The van der Waals surface area contributed by atoms with E-state index in [1.807, 2.05) is 0 Å².